The summed E-state index contributed by atoms with van der Waals surface area (Å²) in [7, 11) is 0. The molecule has 0 unspecified atom stereocenters. The molecular weight excluding hydrogens is 170 g/mol. The van der Waals surface area contributed by atoms with Crippen LogP contribution >= 0.6 is 33.2 Å². The van der Waals surface area contributed by atoms with Crippen LogP contribution in [0.5, 0.6) is 0 Å². The molecule has 4 heteroatoms. The lowest BCUT2D eigenvalue weighted by atomic mass is 11.0. The van der Waals surface area contributed by atoms with Crippen LogP contribution in [0.15, 0.2) is 0 Å². The van der Waals surface area contributed by atoms with Gasteiger partial charge in [-0.2, -0.15) is 0 Å². The van der Waals surface area contributed by atoms with Crippen molar-refractivity contribution < 1.29 is 0 Å². The highest BCUT2D eigenvalue weighted by Crippen LogP contribution is 2.17. The molecule has 0 aromatic heterocycles. The molecule has 0 aromatic carbocycles. The van der Waals surface area contributed by atoms with E-state index in [1.807, 2.05) is 13.8 Å². The van der Waals surface area contributed by atoms with Crippen LogP contribution in [0.1, 0.15) is 13.8 Å². The monoisotopic (exact) mass is 178 g/mol. The van der Waals surface area contributed by atoms with Crippen molar-refractivity contribution >= 4 is 39.2 Å². The maximum absolute atomic E-state index is 5.20. The zero-order chi connectivity index (χ0) is 6.50. The van der Waals surface area contributed by atoms with Crippen molar-refractivity contribution in [1.29, 1.82) is 0 Å². The molecule has 0 nitrogen and oxygen atoms in total. The van der Waals surface area contributed by atoms with Crippen LogP contribution in [0.4, 0.5) is 0 Å². The number of halogens is 3. The van der Waals surface area contributed by atoms with E-state index < -0.39 is 6.00 Å². The van der Waals surface area contributed by atoms with E-state index in [0.29, 0.717) is 0 Å². The molecule has 0 N–H and O–H groups in total. The molecule has 0 saturated heterocycles. The first kappa shape index (κ1) is 11.0. The average molecular weight is 180 g/mol. The van der Waals surface area contributed by atoms with Crippen LogP contribution in [0.25, 0.3) is 0 Å². The van der Waals surface area contributed by atoms with Crippen LogP contribution < -0.4 is 0 Å². The van der Waals surface area contributed by atoms with Crippen LogP contribution in [0.3, 0.4) is 0 Å². The van der Waals surface area contributed by atoms with Crippen molar-refractivity contribution in [3.8, 4) is 0 Å². The van der Waals surface area contributed by atoms with Gasteiger partial charge in [-0.1, -0.05) is 13.8 Å². The Hall–Kier alpha value is 1.09. The molecule has 0 aliphatic rings. The van der Waals surface area contributed by atoms with E-state index in [-0.39, 0.29) is 0 Å². The van der Waals surface area contributed by atoms with Gasteiger partial charge >= 0.3 is 6.00 Å². The standard InChI is InChI=1S/C2H6.CH3Cl3Si/c1-2;1-5(2,3)4/h1-2H3;1H3. The Kier molecular flexibility index (Phi) is 8.19. The maximum atomic E-state index is 5.20. The van der Waals surface area contributed by atoms with Gasteiger partial charge in [0.15, 0.2) is 0 Å². The van der Waals surface area contributed by atoms with Crippen LogP contribution in [-0.2, 0) is 0 Å². The van der Waals surface area contributed by atoms with Crippen molar-refractivity contribution in [3.05, 3.63) is 0 Å². The van der Waals surface area contributed by atoms with Crippen molar-refractivity contribution in [2.75, 3.05) is 0 Å². The summed E-state index contributed by atoms with van der Waals surface area (Å²) in [6, 6.07) is -2.19. The lowest BCUT2D eigenvalue weighted by molar-refractivity contribution is 1.50. The molecule has 0 spiro atoms. The summed E-state index contributed by atoms with van der Waals surface area (Å²) in [5.74, 6) is 0. The topological polar surface area (TPSA) is 0 Å². The minimum Gasteiger partial charge on any atom is -0.126 e. The van der Waals surface area contributed by atoms with E-state index in [4.69, 9.17) is 33.2 Å². The van der Waals surface area contributed by atoms with Gasteiger partial charge in [-0.25, -0.2) is 0 Å². The predicted molar refractivity (Wildman–Crippen MR) is 40.5 cm³/mol. The van der Waals surface area contributed by atoms with Gasteiger partial charge in [0.2, 0.25) is 0 Å². The predicted octanol–water partition coefficient (Wildman–Crippen LogP) is 3.30. The fourth-order valence-electron chi connectivity index (χ4n) is 0. The van der Waals surface area contributed by atoms with E-state index in [1.165, 1.54) is 0 Å². The Morgan fingerprint density at radius 3 is 1.00 bits per heavy atom. The van der Waals surface area contributed by atoms with Gasteiger partial charge in [0.25, 0.3) is 0 Å². The smallest absolute Gasteiger partial charge is 0.126 e. The van der Waals surface area contributed by atoms with E-state index >= 15 is 0 Å². The second-order valence-electron chi connectivity index (χ2n) is 0.781. The molecule has 0 atom stereocenters. The molecule has 0 aliphatic heterocycles. The van der Waals surface area contributed by atoms with Crippen LogP contribution in [-0.4, -0.2) is 6.00 Å². The van der Waals surface area contributed by atoms with Crippen LogP contribution in [0, 0.1) is 0 Å². The number of rotatable bonds is 0. The fourth-order valence-corrected chi connectivity index (χ4v) is 0. The van der Waals surface area contributed by atoms with E-state index in [9.17, 15) is 0 Å². The second kappa shape index (κ2) is 5.23. The Bertz CT molecular complexity index is 25.7. The van der Waals surface area contributed by atoms with Crippen LogP contribution in [0.2, 0.25) is 6.55 Å². The average Bonchev–Trinajstić information content (AvgIpc) is 1.36. The molecule has 46 valence electrons. The molecule has 0 saturated carbocycles. The molecule has 0 heterocycles. The molecular formula is C3H9Cl3Si. The third kappa shape index (κ3) is 155. The lowest BCUT2D eigenvalue weighted by Crippen LogP contribution is -1.97. The summed E-state index contributed by atoms with van der Waals surface area (Å²) >= 11 is 15.6. The van der Waals surface area contributed by atoms with Crippen molar-refractivity contribution in [2.24, 2.45) is 0 Å². The first-order valence-corrected chi connectivity index (χ1v) is 7.60. The highest BCUT2D eigenvalue weighted by molar-refractivity contribution is 7.64. The summed E-state index contributed by atoms with van der Waals surface area (Å²) < 4.78 is 0. The fraction of sp³-hybridized carbons (Fsp3) is 1.00. The summed E-state index contributed by atoms with van der Waals surface area (Å²) in [6.07, 6.45) is 0. The van der Waals surface area contributed by atoms with Gasteiger partial charge in [0.05, 0.1) is 0 Å². The van der Waals surface area contributed by atoms with Gasteiger partial charge in [-0.15, -0.1) is 33.2 Å². The molecule has 0 rings (SSSR count). The van der Waals surface area contributed by atoms with E-state index in [1.54, 1.807) is 6.55 Å². The Morgan fingerprint density at radius 1 is 1.00 bits per heavy atom. The quantitative estimate of drug-likeness (QED) is 0.395. The summed E-state index contributed by atoms with van der Waals surface area (Å²) in [6.45, 7) is 5.62. The zero-order valence-electron chi connectivity index (χ0n) is 4.63. The van der Waals surface area contributed by atoms with E-state index in [2.05, 4.69) is 0 Å². The summed E-state index contributed by atoms with van der Waals surface area (Å²) in [4.78, 5) is 0. The highest BCUT2D eigenvalue weighted by atomic mass is 35.8. The van der Waals surface area contributed by atoms with Gasteiger partial charge in [0.1, 0.15) is 0 Å². The molecule has 0 bridgehead atoms. The Balaban J connectivity index is 0. The third-order valence-electron chi connectivity index (χ3n) is 0. The van der Waals surface area contributed by atoms with Crippen molar-refractivity contribution in [3.63, 3.8) is 0 Å². The summed E-state index contributed by atoms with van der Waals surface area (Å²) in [5.41, 5.74) is 0. The normalized spacial score (nSPS) is 9.43. The highest BCUT2D eigenvalue weighted by Gasteiger charge is 2.13. The first-order valence-electron chi connectivity index (χ1n) is 2.07. The largest absolute Gasteiger partial charge is 0.338 e. The lowest BCUT2D eigenvalue weighted by Gasteiger charge is -1.89. The molecule has 0 aromatic rings. The molecule has 0 aliphatic carbocycles. The third-order valence-corrected chi connectivity index (χ3v) is 0. The second-order valence-corrected chi connectivity index (χ2v) is 10.9. The minimum atomic E-state index is -2.19. The first-order chi connectivity index (χ1) is 3.00. The molecule has 0 radical (unpaired) electrons. The van der Waals surface area contributed by atoms with Crippen molar-refractivity contribution in [2.45, 2.75) is 20.4 Å². The van der Waals surface area contributed by atoms with E-state index in [0.717, 1.165) is 0 Å². The summed E-state index contributed by atoms with van der Waals surface area (Å²) in [5, 5.41) is 0. The molecule has 7 heavy (non-hydrogen) atoms. The van der Waals surface area contributed by atoms with Gasteiger partial charge in [-0.3, -0.25) is 0 Å². The Labute approximate surface area is 59.9 Å². The maximum Gasteiger partial charge on any atom is 0.338 e. The SMILES string of the molecule is CC.C[Si](Cl)(Cl)Cl. The Morgan fingerprint density at radius 2 is 1.00 bits per heavy atom. The van der Waals surface area contributed by atoms with Gasteiger partial charge < -0.3 is 0 Å². The van der Waals surface area contributed by atoms with Gasteiger partial charge in [0, 0.05) is 0 Å². The number of hydrogen-bond acceptors (Lipinski definition) is 0. The zero-order valence-corrected chi connectivity index (χ0v) is 7.90. The van der Waals surface area contributed by atoms with Gasteiger partial charge in [-0.05, 0) is 6.55 Å². The number of hydrogen-bond donors (Lipinski definition) is 0. The molecule has 0 amide bonds. The minimum absolute atomic E-state index is 1.62. The molecule has 0 fully saturated rings. The van der Waals surface area contributed by atoms with Crippen molar-refractivity contribution in [1.82, 2.24) is 0 Å².